The lowest BCUT2D eigenvalue weighted by Gasteiger charge is -2.12. The number of nitrogens with zero attached hydrogens (tertiary/aromatic N) is 2. The van der Waals surface area contributed by atoms with Gasteiger partial charge in [0.05, 0.1) is 12.6 Å². The second-order valence-electron chi connectivity index (χ2n) is 4.69. The molecule has 0 amide bonds. The monoisotopic (exact) mass is 299 g/mol. The first-order chi connectivity index (χ1) is 10.2. The molecular weight excluding hydrogens is 286 g/mol. The molecule has 1 heterocycles. The Morgan fingerprint density at radius 1 is 1.10 bits per heavy atom. The average Bonchev–Trinajstić information content (AvgIpc) is 2.49. The lowest BCUT2D eigenvalue weighted by Crippen LogP contribution is -1.98. The van der Waals surface area contributed by atoms with E-state index in [-0.39, 0.29) is 0 Å². The van der Waals surface area contributed by atoms with Crippen LogP contribution < -0.4 is 10.1 Å². The molecule has 4 nitrogen and oxygen atoms in total. The third-order valence-electron chi connectivity index (χ3n) is 3.29. The van der Waals surface area contributed by atoms with Gasteiger partial charge in [-0.15, -0.1) is 0 Å². The zero-order valence-corrected chi connectivity index (χ0v) is 12.5. The van der Waals surface area contributed by atoms with Crippen molar-refractivity contribution >= 4 is 34.0 Å². The molecule has 0 radical (unpaired) electrons. The van der Waals surface area contributed by atoms with Gasteiger partial charge in [-0.2, -0.15) is 0 Å². The number of benzene rings is 2. The Morgan fingerprint density at radius 2 is 1.95 bits per heavy atom. The van der Waals surface area contributed by atoms with Crippen molar-refractivity contribution in [1.82, 2.24) is 9.97 Å². The highest BCUT2D eigenvalue weighted by atomic mass is 35.5. The van der Waals surface area contributed by atoms with Crippen LogP contribution in [0.1, 0.15) is 5.56 Å². The number of hydrogen-bond donors (Lipinski definition) is 1. The van der Waals surface area contributed by atoms with Crippen molar-refractivity contribution in [3.8, 4) is 5.75 Å². The van der Waals surface area contributed by atoms with Crippen molar-refractivity contribution in [3.05, 3.63) is 53.3 Å². The number of aromatic nitrogens is 2. The summed E-state index contributed by atoms with van der Waals surface area (Å²) >= 11 is 6.00. The third-order valence-corrected chi connectivity index (χ3v) is 3.52. The summed E-state index contributed by atoms with van der Waals surface area (Å²) in [6, 6.07) is 11.4. The van der Waals surface area contributed by atoms with Crippen LogP contribution >= 0.6 is 11.6 Å². The highest BCUT2D eigenvalue weighted by Gasteiger charge is 2.07. The Hall–Kier alpha value is -2.33. The number of fused-ring (bicyclic) bond motifs is 1. The fourth-order valence-electron chi connectivity index (χ4n) is 2.16. The minimum Gasteiger partial charge on any atom is -0.497 e. The topological polar surface area (TPSA) is 47.0 Å². The molecule has 0 spiro atoms. The van der Waals surface area contributed by atoms with Crippen LogP contribution in [0.2, 0.25) is 5.02 Å². The largest absolute Gasteiger partial charge is 0.497 e. The maximum absolute atomic E-state index is 6.00. The number of aryl methyl sites for hydroxylation is 1. The molecule has 1 aromatic heterocycles. The van der Waals surface area contributed by atoms with Crippen LogP contribution in [0.15, 0.2) is 42.7 Å². The van der Waals surface area contributed by atoms with E-state index in [4.69, 9.17) is 16.3 Å². The molecule has 5 heteroatoms. The standard InChI is InChI=1S/C16H14ClN3O/c1-10-7-12(21-2)4-6-14(10)20-16-13-5-3-11(17)8-15(13)18-9-19-16/h3-9H,1-2H3,(H,18,19,20). The summed E-state index contributed by atoms with van der Waals surface area (Å²) in [5.41, 5.74) is 2.87. The van der Waals surface area contributed by atoms with E-state index in [9.17, 15) is 0 Å². The van der Waals surface area contributed by atoms with Crippen molar-refractivity contribution in [3.63, 3.8) is 0 Å². The molecule has 2 aromatic carbocycles. The molecule has 0 saturated heterocycles. The highest BCUT2D eigenvalue weighted by molar-refractivity contribution is 6.31. The number of hydrogen-bond acceptors (Lipinski definition) is 4. The summed E-state index contributed by atoms with van der Waals surface area (Å²) in [4.78, 5) is 8.56. The number of nitrogens with one attached hydrogen (secondary N) is 1. The molecule has 0 aliphatic rings. The molecule has 0 aliphatic heterocycles. The zero-order valence-electron chi connectivity index (χ0n) is 11.7. The van der Waals surface area contributed by atoms with Crippen molar-refractivity contribution < 1.29 is 4.74 Å². The van der Waals surface area contributed by atoms with Gasteiger partial charge in [-0.3, -0.25) is 0 Å². The van der Waals surface area contributed by atoms with E-state index in [1.165, 1.54) is 6.33 Å². The van der Waals surface area contributed by atoms with Gasteiger partial charge in [0.25, 0.3) is 0 Å². The molecule has 0 fully saturated rings. The maximum atomic E-state index is 6.00. The fourth-order valence-corrected chi connectivity index (χ4v) is 2.33. The first-order valence-electron chi connectivity index (χ1n) is 6.49. The highest BCUT2D eigenvalue weighted by Crippen LogP contribution is 2.28. The summed E-state index contributed by atoms with van der Waals surface area (Å²) < 4.78 is 5.22. The Labute approximate surface area is 127 Å². The Kier molecular flexibility index (Phi) is 3.62. The normalized spacial score (nSPS) is 10.6. The van der Waals surface area contributed by atoms with Crippen LogP contribution in [-0.4, -0.2) is 17.1 Å². The van der Waals surface area contributed by atoms with Crippen molar-refractivity contribution in [2.45, 2.75) is 6.92 Å². The molecular formula is C16H14ClN3O. The molecule has 1 N–H and O–H groups in total. The maximum Gasteiger partial charge on any atom is 0.141 e. The lowest BCUT2D eigenvalue weighted by atomic mass is 10.1. The van der Waals surface area contributed by atoms with Gasteiger partial charge in [-0.1, -0.05) is 11.6 Å². The molecule has 106 valence electrons. The summed E-state index contributed by atoms with van der Waals surface area (Å²) in [5, 5.41) is 4.92. The van der Waals surface area contributed by atoms with Crippen LogP contribution in [0.5, 0.6) is 5.75 Å². The molecule has 0 aliphatic carbocycles. The Balaban J connectivity index is 2.02. The van der Waals surface area contributed by atoms with Crippen LogP contribution in [0.4, 0.5) is 11.5 Å². The van der Waals surface area contributed by atoms with Crippen molar-refractivity contribution in [1.29, 1.82) is 0 Å². The van der Waals surface area contributed by atoms with E-state index in [0.717, 1.165) is 33.7 Å². The van der Waals surface area contributed by atoms with E-state index in [0.29, 0.717) is 5.02 Å². The van der Waals surface area contributed by atoms with E-state index < -0.39 is 0 Å². The second kappa shape index (κ2) is 5.58. The van der Waals surface area contributed by atoms with Gasteiger partial charge in [0.2, 0.25) is 0 Å². The Morgan fingerprint density at radius 3 is 2.71 bits per heavy atom. The average molecular weight is 300 g/mol. The summed E-state index contributed by atoms with van der Waals surface area (Å²) in [7, 11) is 1.66. The second-order valence-corrected chi connectivity index (χ2v) is 5.13. The first kappa shape index (κ1) is 13.6. The van der Waals surface area contributed by atoms with E-state index in [1.54, 1.807) is 7.11 Å². The van der Waals surface area contributed by atoms with Gasteiger partial charge in [0, 0.05) is 16.1 Å². The molecule has 0 bridgehead atoms. The van der Waals surface area contributed by atoms with E-state index >= 15 is 0 Å². The van der Waals surface area contributed by atoms with Crippen LogP contribution in [0.3, 0.4) is 0 Å². The van der Waals surface area contributed by atoms with Gasteiger partial charge in [-0.05, 0) is 48.9 Å². The van der Waals surface area contributed by atoms with E-state index in [2.05, 4.69) is 15.3 Å². The molecule has 0 saturated carbocycles. The number of methoxy groups -OCH3 is 1. The predicted octanol–water partition coefficient (Wildman–Crippen LogP) is 4.34. The Bertz CT molecular complexity index is 805. The molecule has 21 heavy (non-hydrogen) atoms. The number of rotatable bonds is 3. The van der Waals surface area contributed by atoms with Gasteiger partial charge in [0.1, 0.15) is 17.9 Å². The number of anilines is 2. The summed E-state index contributed by atoms with van der Waals surface area (Å²) in [6.45, 7) is 2.02. The molecule has 0 unspecified atom stereocenters. The summed E-state index contributed by atoms with van der Waals surface area (Å²) in [6.07, 6.45) is 1.53. The minimum absolute atomic E-state index is 0.660. The smallest absolute Gasteiger partial charge is 0.141 e. The molecule has 0 atom stereocenters. The fraction of sp³-hybridized carbons (Fsp3) is 0.125. The molecule has 3 rings (SSSR count). The quantitative estimate of drug-likeness (QED) is 0.781. The lowest BCUT2D eigenvalue weighted by molar-refractivity contribution is 0.414. The third kappa shape index (κ3) is 2.76. The van der Waals surface area contributed by atoms with Crippen LogP contribution in [0, 0.1) is 6.92 Å². The van der Waals surface area contributed by atoms with Gasteiger partial charge >= 0.3 is 0 Å². The minimum atomic E-state index is 0.660. The summed E-state index contributed by atoms with van der Waals surface area (Å²) in [5.74, 6) is 1.59. The van der Waals surface area contributed by atoms with Gasteiger partial charge in [0.15, 0.2) is 0 Å². The SMILES string of the molecule is COc1ccc(Nc2ncnc3cc(Cl)ccc23)c(C)c1. The van der Waals surface area contributed by atoms with E-state index in [1.807, 2.05) is 43.3 Å². The van der Waals surface area contributed by atoms with Crippen LogP contribution in [0.25, 0.3) is 10.9 Å². The van der Waals surface area contributed by atoms with Gasteiger partial charge in [-0.25, -0.2) is 9.97 Å². The number of halogens is 1. The van der Waals surface area contributed by atoms with Gasteiger partial charge < -0.3 is 10.1 Å². The zero-order chi connectivity index (χ0) is 14.8. The molecule has 3 aromatic rings. The van der Waals surface area contributed by atoms with Crippen LogP contribution in [-0.2, 0) is 0 Å². The van der Waals surface area contributed by atoms with Crippen molar-refractivity contribution in [2.75, 3.05) is 12.4 Å². The predicted molar refractivity (Wildman–Crippen MR) is 85.6 cm³/mol. The number of ether oxygens (including phenoxy) is 1. The van der Waals surface area contributed by atoms with Crippen molar-refractivity contribution in [2.24, 2.45) is 0 Å². The first-order valence-corrected chi connectivity index (χ1v) is 6.87.